The zero-order valence-electron chi connectivity index (χ0n) is 14.4. The molecular weight excluding hydrogens is 403 g/mol. The molecule has 0 aliphatic heterocycles. The first-order chi connectivity index (χ1) is 12.9. The molecule has 8 nitrogen and oxygen atoms in total. The fourth-order valence-corrected chi connectivity index (χ4v) is 2.57. The Bertz CT molecular complexity index is 1060. The minimum absolute atomic E-state index is 0.0310. The van der Waals surface area contributed by atoms with Crippen LogP contribution in [0.5, 0.6) is 5.88 Å². The van der Waals surface area contributed by atoms with E-state index in [1.807, 2.05) is 0 Å². The molecule has 0 fully saturated rings. The number of nitro groups is 1. The van der Waals surface area contributed by atoms with Gasteiger partial charge in [0.15, 0.2) is 0 Å². The molecule has 2 aromatic rings. The second-order valence-corrected chi connectivity index (χ2v) is 7.37. The number of nitro benzene ring substituents is 1. The molecule has 0 radical (unpaired) electrons. The molecule has 0 atom stereocenters. The van der Waals surface area contributed by atoms with Crippen LogP contribution < -0.4 is 4.18 Å². The lowest BCUT2D eigenvalue weighted by atomic mass is 9.98. The number of nitrogens with zero attached hydrogens (tertiary/aromatic N) is 3. The summed E-state index contributed by atoms with van der Waals surface area (Å²) in [7, 11) is -6.05. The van der Waals surface area contributed by atoms with Crippen molar-refractivity contribution in [2.45, 2.75) is 25.3 Å². The summed E-state index contributed by atoms with van der Waals surface area (Å²) in [6.07, 6.45) is 0. The van der Waals surface area contributed by atoms with E-state index in [1.54, 1.807) is 19.9 Å². The predicted molar refractivity (Wildman–Crippen MR) is 90.7 cm³/mol. The van der Waals surface area contributed by atoms with Gasteiger partial charge in [0.05, 0.1) is 4.92 Å². The first kappa shape index (κ1) is 21.1. The maximum absolute atomic E-state index is 12.7. The van der Waals surface area contributed by atoms with Gasteiger partial charge in [0.2, 0.25) is 0 Å². The molecule has 0 amide bonds. The second-order valence-electron chi connectivity index (χ2n) is 5.83. The maximum Gasteiger partial charge on any atom is 0.534 e. The van der Waals surface area contributed by atoms with Gasteiger partial charge in [-0.3, -0.25) is 10.1 Å². The molecule has 0 saturated heterocycles. The molecule has 148 valence electrons. The molecule has 1 heterocycles. The summed E-state index contributed by atoms with van der Waals surface area (Å²) in [6.45, 7) is 3.30. The number of pyridine rings is 1. The van der Waals surface area contributed by atoms with Crippen LogP contribution in [0.4, 0.5) is 18.9 Å². The first-order valence-corrected chi connectivity index (χ1v) is 8.99. The zero-order valence-corrected chi connectivity index (χ0v) is 15.2. The Morgan fingerprint density at radius 2 is 1.82 bits per heavy atom. The lowest BCUT2D eigenvalue weighted by Gasteiger charge is -2.15. The van der Waals surface area contributed by atoms with Crippen LogP contribution in [-0.2, 0) is 10.1 Å². The summed E-state index contributed by atoms with van der Waals surface area (Å²) in [5, 5.41) is 20.1. The molecule has 0 spiro atoms. The monoisotopic (exact) mass is 415 g/mol. The van der Waals surface area contributed by atoms with Gasteiger partial charge >= 0.3 is 15.6 Å². The topological polar surface area (TPSA) is 123 Å². The minimum Gasteiger partial charge on any atom is -0.354 e. The van der Waals surface area contributed by atoms with E-state index in [1.165, 1.54) is 18.2 Å². The first-order valence-electron chi connectivity index (χ1n) is 7.58. The molecule has 0 aliphatic rings. The highest BCUT2D eigenvalue weighted by Crippen LogP contribution is 2.35. The number of benzene rings is 1. The Morgan fingerprint density at radius 1 is 1.25 bits per heavy atom. The molecule has 28 heavy (non-hydrogen) atoms. The van der Waals surface area contributed by atoms with E-state index >= 15 is 0 Å². The molecule has 0 bridgehead atoms. The molecule has 0 aliphatic carbocycles. The normalized spacial score (nSPS) is 11.9. The SMILES string of the molecule is CC(C)c1cc(-c2ccc([N+](=O)[O-])cc2)c(C#N)c(OS(=O)(=O)C(F)(F)F)n1. The molecule has 0 saturated carbocycles. The smallest absolute Gasteiger partial charge is 0.354 e. The third-order valence-electron chi connectivity index (χ3n) is 3.57. The molecule has 0 N–H and O–H groups in total. The number of aromatic nitrogens is 1. The van der Waals surface area contributed by atoms with Gasteiger partial charge in [0, 0.05) is 23.4 Å². The van der Waals surface area contributed by atoms with E-state index in [0.29, 0.717) is 0 Å². The average Bonchev–Trinajstić information content (AvgIpc) is 2.59. The molecule has 0 unspecified atom stereocenters. The van der Waals surface area contributed by atoms with Crippen LogP contribution in [0.3, 0.4) is 0 Å². The van der Waals surface area contributed by atoms with E-state index in [2.05, 4.69) is 9.17 Å². The Balaban J connectivity index is 2.71. The van der Waals surface area contributed by atoms with Crippen molar-refractivity contribution >= 4 is 15.8 Å². The summed E-state index contributed by atoms with van der Waals surface area (Å²) >= 11 is 0. The van der Waals surface area contributed by atoms with Crippen LogP contribution in [0.2, 0.25) is 0 Å². The van der Waals surface area contributed by atoms with Gasteiger partial charge in [-0.15, -0.1) is 0 Å². The van der Waals surface area contributed by atoms with Crippen molar-refractivity contribution in [3.05, 3.63) is 51.7 Å². The van der Waals surface area contributed by atoms with Crippen LogP contribution in [0.15, 0.2) is 30.3 Å². The summed E-state index contributed by atoms with van der Waals surface area (Å²) in [5.74, 6) is -1.36. The van der Waals surface area contributed by atoms with Gasteiger partial charge in [-0.05, 0) is 29.7 Å². The Hall–Kier alpha value is -3.20. The van der Waals surface area contributed by atoms with E-state index in [-0.39, 0.29) is 28.4 Å². The van der Waals surface area contributed by atoms with Crippen molar-refractivity contribution in [3.63, 3.8) is 0 Å². The number of hydrogen-bond acceptors (Lipinski definition) is 7. The van der Waals surface area contributed by atoms with Gasteiger partial charge in [0.1, 0.15) is 11.6 Å². The van der Waals surface area contributed by atoms with Crippen LogP contribution in [0.1, 0.15) is 31.0 Å². The van der Waals surface area contributed by atoms with Crippen LogP contribution in [-0.4, -0.2) is 23.8 Å². The van der Waals surface area contributed by atoms with Crippen molar-refractivity contribution in [2.24, 2.45) is 0 Å². The number of halogens is 3. The maximum atomic E-state index is 12.7. The fourth-order valence-electron chi connectivity index (χ4n) is 2.15. The third-order valence-corrected chi connectivity index (χ3v) is 4.51. The van der Waals surface area contributed by atoms with E-state index in [0.717, 1.165) is 12.1 Å². The van der Waals surface area contributed by atoms with Crippen molar-refractivity contribution in [2.75, 3.05) is 0 Å². The zero-order chi connectivity index (χ0) is 21.3. The number of hydrogen-bond donors (Lipinski definition) is 0. The van der Waals surface area contributed by atoms with Crippen LogP contribution in [0.25, 0.3) is 11.1 Å². The highest BCUT2D eigenvalue weighted by Gasteiger charge is 2.49. The van der Waals surface area contributed by atoms with Crippen molar-refractivity contribution in [1.29, 1.82) is 5.26 Å². The van der Waals surface area contributed by atoms with Crippen molar-refractivity contribution in [3.8, 4) is 23.1 Å². The summed E-state index contributed by atoms with van der Waals surface area (Å²) in [6, 6.07) is 7.81. The quantitative estimate of drug-likeness (QED) is 0.314. The number of non-ortho nitro benzene ring substituents is 1. The molecule has 1 aromatic heterocycles. The van der Waals surface area contributed by atoms with Crippen molar-refractivity contribution in [1.82, 2.24) is 4.98 Å². The van der Waals surface area contributed by atoms with Gasteiger partial charge in [0.25, 0.3) is 11.6 Å². The van der Waals surface area contributed by atoms with Gasteiger partial charge in [-0.25, -0.2) is 4.98 Å². The second kappa shape index (κ2) is 7.43. The lowest BCUT2D eigenvalue weighted by molar-refractivity contribution is -0.384. The van der Waals surface area contributed by atoms with Gasteiger partial charge < -0.3 is 4.18 Å². The lowest BCUT2D eigenvalue weighted by Crippen LogP contribution is -2.28. The minimum atomic E-state index is -6.05. The number of alkyl halides is 3. The average molecular weight is 415 g/mol. The summed E-state index contributed by atoms with van der Waals surface area (Å²) in [5.41, 5.74) is -6.06. The van der Waals surface area contributed by atoms with Crippen molar-refractivity contribution < 1.29 is 30.7 Å². The Kier molecular flexibility index (Phi) is 5.60. The molecule has 2 rings (SSSR count). The molecular formula is C16H12F3N3O5S. The van der Waals surface area contributed by atoms with E-state index in [4.69, 9.17) is 0 Å². The number of rotatable bonds is 5. The standard InChI is InChI=1S/C16H12F3N3O5S/c1-9(2)14-7-12(10-3-5-11(6-4-10)22(23)24)13(8-20)15(21-14)27-28(25,26)16(17,18)19/h3-7,9H,1-2H3. The van der Waals surface area contributed by atoms with E-state index in [9.17, 15) is 37.0 Å². The Labute approximate surface area is 157 Å². The van der Waals surface area contributed by atoms with Crippen LogP contribution >= 0.6 is 0 Å². The largest absolute Gasteiger partial charge is 0.534 e. The van der Waals surface area contributed by atoms with Gasteiger partial charge in [-0.1, -0.05) is 13.8 Å². The summed E-state index contributed by atoms with van der Waals surface area (Å²) < 4.78 is 64.9. The van der Waals surface area contributed by atoms with Gasteiger partial charge in [-0.2, -0.15) is 26.9 Å². The highest BCUT2D eigenvalue weighted by molar-refractivity contribution is 7.87. The molecule has 12 heteroatoms. The Morgan fingerprint density at radius 3 is 2.25 bits per heavy atom. The summed E-state index contributed by atoms with van der Waals surface area (Å²) in [4.78, 5) is 13.9. The number of nitriles is 1. The highest BCUT2D eigenvalue weighted by atomic mass is 32.2. The van der Waals surface area contributed by atoms with Crippen LogP contribution in [0, 0.1) is 21.4 Å². The predicted octanol–water partition coefficient (Wildman–Crippen LogP) is 3.88. The molecule has 1 aromatic carbocycles. The fraction of sp³-hybridized carbons (Fsp3) is 0.250. The van der Waals surface area contributed by atoms with E-state index < -0.39 is 32.0 Å². The third kappa shape index (κ3) is 4.20.